The monoisotopic (exact) mass is 448 g/mol. The standard InChI is InChI=1S/C24H28N6O3/c31-21-19-7-1-2-8-20(19)30(24(33)27-21)16-17-5-3-6-18(15-17)22(32)28-11-13-29(14-12-28)23-25-9-4-10-26-23/h3-6,9-10,15,19-20H,1-2,7-8,11-14,16H2,(H,27,31,33)/t19-,20+/m0/s1. The molecule has 1 aromatic carbocycles. The van der Waals surface area contributed by atoms with Crippen LogP contribution in [0.15, 0.2) is 42.7 Å². The normalized spacial score (nSPS) is 23.2. The van der Waals surface area contributed by atoms with Crippen LogP contribution in [0.2, 0.25) is 0 Å². The molecule has 0 unspecified atom stereocenters. The number of amides is 4. The van der Waals surface area contributed by atoms with Crippen LogP contribution in [0.5, 0.6) is 0 Å². The number of piperazine rings is 1. The summed E-state index contributed by atoms with van der Waals surface area (Å²) in [7, 11) is 0. The Kier molecular flexibility index (Phi) is 5.93. The third-order valence-electron chi connectivity index (χ3n) is 6.89. The predicted molar refractivity (Wildman–Crippen MR) is 121 cm³/mol. The number of fused-ring (bicyclic) bond motifs is 1. The number of anilines is 1. The first-order valence-electron chi connectivity index (χ1n) is 11.6. The number of rotatable bonds is 4. The van der Waals surface area contributed by atoms with E-state index in [-0.39, 0.29) is 29.8 Å². The van der Waals surface area contributed by atoms with Crippen LogP contribution in [0.4, 0.5) is 10.7 Å². The molecule has 172 valence electrons. The SMILES string of the molecule is O=C1NC(=O)N(Cc2cccc(C(=O)N3CCN(c4ncccn4)CC3)c2)[C@@H]2CCCC[C@H]12. The van der Waals surface area contributed by atoms with Gasteiger partial charge in [0.15, 0.2) is 0 Å². The van der Waals surface area contributed by atoms with Crippen LogP contribution in [-0.4, -0.2) is 69.8 Å². The second-order valence-corrected chi connectivity index (χ2v) is 8.91. The topological polar surface area (TPSA) is 98.7 Å². The molecule has 1 aliphatic carbocycles. The van der Waals surface area contributed by atoms with Crippen LogP contribution in [0.25, 0.3) is 0 Å². The Hall–Kier alpha value is -3.49. The van der Waals surface area contributed by atoms with Crippen molar-refractivity contribution in [2.45, 2.75) is 38.3 Å². The molecule has 2 aliphatic heterocycles. The van der Waals surface area contributed by atoms with E-state index in [1.54, 1.807) is 23.4 Å². The highest BCUT2D eigenvalue weighted by molar-refractivity contribution is 5.98. The Balaban J connectivity index is 1.25. The fourth-order valence-electron chi connectivity index (χ4n) is 5.15. The van der Waals surface area contributed by atoms with Gasteiger partial charge in [0.05, 0.1) is 5.92 Å². The lowest BCUT2D eigenvalue weighted by atomic mass is 9.81. The van der Waals surface area contributed by atoms with Crippen molar-refractivity contribution in [1.82, 2.24) is 25.1 Å². The van der Waals surface area contributed by atoms with Crippen molar-refractivity contribution in [3.8, 4) is 0 Å². The molecule has 9 nitrogen and oxygen atoms in total. The zero-order chi connectivity index (χ0) is 22.8. The van der Waals surface area contributed by atoms with Gasteiger partial charge < -0.3 is 14.7 Å². The Morgan fingerprint density at radius 1 is 1.00 bits per heavy atom. The third-order valence-corrected chi connectivity index (χ3v) is 6.89. The Labute approximate surface area is 192 Å². The van der Waals surface area contributed by atoms with Crippen molar-refractivity contribution in [1.29, 1.82) is 0 Å². The Morgan fingerprint density at radius 3 is 2.55 bits per heavy atom. The van der Waals surface area contributed by atoms with Gasteiger partial charge in [-0.1, -0.05) is 25.0 Å². The van der Waals surface area contributed by atoms with Gasteiger partial charge in [0, 0.05) is 56.7 Å². The third kappa shape index (κ3) is 4.40. The minimum absolute atomic E-state index is 0.0145. The summed E-state index contributed by atoms with van der Waals surface area (Å²) in [4.78, 5) is 52.3. The van der Waals surface area contributed by atoms with Crippen LogP contribution < -0.4 is 10.2 Å². The second-order valence-electron chi connectivity index (χ2n) is 8.91. The summed E-state index contributed by atoms with van der Waals surface area (Å²) in [5.41, 5.74) is 1.51. The highest BCUT2D eigenvalue weighted by Gasteiger charge is 2.42. The van der Waals surface area contributed by atoms with Gasteiger partial charge >= 0.3 is 6.03 Å². The number of imide groups is 1. The highest BCUT2D eigenvalue weighted by atomic mass is 16.2. The highest BCUT2D eigenvalue weighted by Crippen LogP contribution is 2.32. The quantitative estimate of drug-likeness (QED) is 0.769. The summed E-state index contributed by atoms with van der Waals surface area (Å²) in [5.74, 6) is 0.390. The first-order chi connectivity index (χ1) is 16.1. The molecule has 0 spiro atoms. The summed E-state index contributed by atoms with van der Waals surface area (Å²) in [6.07, 6.45) is 7.15. The van der Waals surface area contributed by atoms with Crippen LogP contribution in [0.3, 0.4) is 0 Å². The lowest BCUT2D eigenvalue weighted by molar-refractivity contribution is -0.129. The molecule has 0 radical (unpaired) electrons. The number of hydrogen-bond acceptors (Lipinski definition) is 6. The predicted octanol–water partition coefficient (Wildman–Crippen LogP) is 2.05. The van der Waals surface area contributed by atoms with Crippen LogP contribution in [0, 0.1) is 5.92 Å². The van der Waals surface area contributed by atoms with E-state index >= 15 is 0 Å². The number of carbonyl (C=O) groups is 3. The molecule has 0 bridgehead atoms. The van der Waals surface area contributed by atoms with E-state index < -0.39 is 0 Å². The smallest absolute Gasteiger partial charge is 0.324 e. The van der Waals surface area contributed by atoms with Gasteiger partial charge in [-0.3, -0.25) is 14.9 Å². The van der Waals surface area contributed by atoms with E-state index in [0.29, 0.717) is 44.2 Å². The number of carbonyl (C=O) groups excluding carboxylic acids is 3. The maximum atomic E-state index is 13.2. The molecule has 33 heavy (non-hydrogen) atoms. The number of nitrogens with one attached hydrogen (secondary N) is 1. The van der Waals surface area contributed by atoms with Crippen molar-refractivity contribution in [3.63, 3.8) is 0 Å². The van der Waals surface area contributed by atoms with Crippen molar-refractivity contribution in [2.24, 2.45) is 5.92 Å². The van der Waals surface area contributed by atoms with Gasteiger partial charge in [-0.05, 0) is 36.6 Å². The van der Waals surface area contributed by atoms with Gasteiger partial charge in [0.1, 0.15) is 0 Å². The molecule has 5 rings (SSSR count). The summed E-state index contributed by atoms with van der Waals surface area (Å²) >= 11 is 0. The summed E-state index contributed by atoms with van der Waals surface area (Å²) in [6.45, 7) is 2.95. The first kappa shape index (κ1) is 21.4. The van der Waals surface area contributed by atoms with E-state index in [1.807, 2.05) is 29.2 Å². The average Bonchev–Trinajstić information content (AvgIpc) is 2.87. The molecule has 1 N–H and O–H groups in total. The minimum Gasteiger partial charge on any atom is -0.337 e. The molecule has 4 amide bonds. The van der Waals surface area contributed by atoms with Gasteiger partial charge in [-0.25, -0.2) is 14.8 Å². The van der Waals surface area contributed by atoms with Gasteiger partial charge in [-0.2, -0.15) is 0 Å². The van der Waals surface area contributed by atoms with Crippen LogP contribution in [-0.2, 0) is 11.3 Å². The molecule has 2 atom stereocenters. The number of aromatic nitrogens is 2. The number of benzene rings is 1. The van der Waals surface area contributed by atoms with E-state index in [1.165, 1.54) is 0 Å². The zero-order valence-electron chi connectivity index (χ0n) is 18.5. The lowest BCUT2D eigenvalue weighted by Gasteiger charge is -2.42. The van der Waals surface area contributed by atoms with Crippen molar-refractivity contribution >= 4 is 23.8 Å². The van der Waals surface area contributed by atoms with E-state index in [0.717, 1.165) is 31.2 Å². The van der Waals surface area contributed by atoms with Gasteiger partial charge in [0.25, 0.3) is 5.91 Å². The molecule has 1 aromatic heterocycles. The maximum Gasteiger partial charge on any atom is 0.324 e. The van der Waals surface area contributed by atoms with E-state index in [4.69, 9.17) is 0 Å². The van der Waals surface area contributed by atoms with Gasteiger partial charge in [-0.15, -0.1) is 0 Å². The molecule has 3 aliphatic rings. The van der Waals surface area contributed by atoms with Crippen LogP contribution >= 0.6 is 0 Å². The number of hydrogen-bond donors (Lipinski definition) is 1. The lowest BCUT2D eigenvalue weighted by Crippen LogP contribution is -2.60. The van der Waals surface area contributed by atoms with Crippen molar-refractivity contribution in [2.75, 3.05) is 31.1 Å². The molecule has 3 fully saturated rings. The maximum absolute atomic E-state index is 13.2. The first-order valence-corrected chi connectivity index (χ1v) is 11.6. The molecule has 9 heteroatoms. The second kappa shape index (κ2) is 9.17. The summed E-state index contributed by atoms with van der Waals surface area (Å²) in [6, 6.07) is 8.88. The number of urea groups is 1. The van der Waals surface area contributed by atoms with Crippen molar-refractivity contribution < 1.29 is 14.4 Å². The molecule has 2 saturated heterocycles. The van der Waals surface area contributed by atoms with Crippen molar-refractivity contribution in [3.05, 3.63) is 53.9 Å². The average molecular weight is 449 g/mol. The van der Waals surface area contributed by atoms with Gasteiger partial charge in [0.2, 0.25) is 11.9 Å². The number of nitrogens with zero attached hydrogens (tertiary/aromatic N) is 5. The molecule has 1 saturated carbocycles. The minimum atomic E-state index is -0.334. The Bertz CT molecular complexity index is 1040. The van der Waals surface area contributed by atoms with E-state index in [2.05, 4.69) is 20.2 Å². The zero-order valence-corrected chi connectivity index (χ0v) is 18.5. The molecular weight excluding hydrogens is 420 g/mol. The fraction of sp³-hybridized carbons (Fsp3) is 0.458. The summed E-state index contributed by atoms with van der Waals surface area (Å²) < 4.78 is 0. The Morgan fingerprint density at radius 2 is 1.76 bits per heavy atom. The molecular formula is C24H28N6O3. The van der Waals surface area contributed by atoms with E-state index in [9.17, 15) is 14.4 Å². The molecule has 2 aromatic rings. The fourth-order valence-corrected chi connectivity index (χ4v) is 5.15. The summed E-state index contributed by atoms with van der Waals surface area (Å²) in [5, 5.41) is 2.51. The largest absolute Gasteiger partial charge is 0.337 e. The van der Waals surface area contributed by atoms with Crippen LogP contribution in [0.1, 0.15) is 41.6 Å². The molecule has 3 heterocycles.